The first-order valence-corrected chi connectivity index (χ1v) is 8.81. The highest BCUT2D eigenvalue weighted by Gasteiger charge is 2.30. The van der Waals surface area contributed by atoms with Crippen molar-refractivity contribution < 1.29 is 4.79 Å². The SMILES string of the molecule is CN1CCN(C2=C(C=O)c3ccccc3C(c3ccccc3)N2)CC1. The number of aldehydes is 1. The highest BCUT2D eigenvalue weighted by molar-refractivity contribution is 6.09. The summed E-state index contributed by atoms with van der Waals surface area (Å²) in [6.45, 7) is 3.88. The van der Waals surface area contributed by atoms with Crippen molar-refractivity contribution in [2.45, 2.75) is 6.04 Å². The number of fused-ring (bicyclic) bond motifs is 1. The van der Waals surface area contributed by atoms with Gasteiger partial charge in [0.15, 0.2) is 6.29 Å². The van der Waals surface area contributed by atoms with Crippen LogP contribution in [0.15, 0.2) is 60.4 Å². The first-order valence-electron chi connectivity index (χ1n) is 8.81. The topological polar surface area (TPSA) is 35.6 Å². The predicted molar refractivity (Wildman–Crippen MR) is 99.9 cm³/mol. The van der Waals surface area contributed by atoms with Gasteiger partial charge in [0.1, 0.15) is 5.82 Å². The van der Waals surface area contributed by atoms with Gasteiger partial charge in [0.05, 0.1) is 11.6 Å². The normalized spacial score (nSPS) is 20.8. The van der Waals surface area contributed by atoms with E-state index in [0.717, 1.165) is 55.0 Å². The molecule has 4 heteroatoms. The molecule has 2 aliphatic heterocycles. The summed E-state index contributed by atoms with van der Waals surface area (Å²) >= 11 is 0. The lowest BCUT2D eigenvalue weighted by molar-refractivity contribution is -0.103. The van der Waals surface area contributed by atoms with E-state index < -0.39 is 0 Å². The van der Waals surface area contributed by atoms with E-state index in [1.165, 1.54) is 5.56 Å². The Morgan fingerprint density at radius 1 is 0.960 bits per heavy atom. The van der Waals surface area contributed by atoms with Crippen molar-refractivity contribution in [3.05, 3.63) is 77.1 Å². The number of hydrogen-bond acceptors (Lipinski definition) is 4. The Balaban J connectivity index is 1.80. The molecule has 2 heterocycles. The molecule has 2 aromatic carbocycles. The molecule has 1 fully saturated rings. The third-order valence-corrected chi connectivity index (χ3v) is 5.17. The Kier molecular flexibility index (Phi) is 4.28. The van der Waals surface area contributed by atoms with E-state index >= 15 is 0 Å². The van der Waals surface area contributed by atoms with E-state index in [-0.39, 0.29) is 6.04 Å². The minimum Gasteiger partial charge on any atom is -0.360 e. The Morgan fingerprint density at radius 3 is 2.36 bits per heavy atom. The molecule has 1 N–H and O–H groups in total. The van der Waals surface area contributed by atoms with Crippen LogP contribution in [0.5, 0.6) is 0 Å². The van der Waals surface area contributed by atoms with Crippen LogP contribution in [-0.4, -0.2) is 49.3 Å². The Hall–Kier alpha value is -2.59. The van der Waals surface area contributed by atoms with Gasteiger partial charge in [-0.3, -0.25) is 4.79 Å². The molecule has 4 nitrogen and oxygen atoms in total. The molecule has 1 atom stereocenters. The fourth-order valence-corrected chi connectivity index (χ4v) is 3.73. The second-order valence-electron chi connectivity index (χ2n) is 6.75. The highest BCUT2D eigenvalue weighted by atomic mass is 16.1. The fraction of sp³-hybridized carbons (Fsp3) is 0.286. The molecule has 2 aromatic rings. The van der Waals surface area contributed by atoms with E-state index in [1.807, 2.05) is 18.2 Å². The van der Waals surface area contributed by atoms with Crippen molar-refractivity contribution in [1.82, 2.24) is 15.1 Å². The molecular weight excluding hydrogens is 310 g/mol. The number of carbonyl (C=O) groups excluding carboxylic acids is 1. The molecule has 0 spiro atoms. The number of hydrogen-bond donors (Lipinski definition) is 1. The van der Waals surface area contributed by atoms with Gasteiger partial charge in [-0.1, -0.05) is 54.6 Å². The van der Waals surface area contributed by atoms with Crippen LogP contribution in [0.4, 0.5) is 0 Å². The van der Waals surface area contributed by atoms with Crippen molar-refractivity contribution in [2.75, 3.05) is 33.2 Å². The number of likely N-dealkylation sites (N-methyl/N-ethyl adjacent to an activating group) is 1. The third kappa shape index (κ3) is 2.94. The maximum Gasteiger partial charge on any atom is 0.154 e. The molecule has 128 valence electrons. The summed E-state index contributed by atoms with van der Waals surface area (Å²) in [7, 11) is 2.14. The summed E-state index contributed by atoms with van der Waals surface area (Å²) in [6.07, 6.45) is 1.00. The second kappa shape index (κ2) is 6.73. The molecular formula is C21H23N3O. The lowest BCUT2D eigenvalue weighted by atomic mass is 9.88. The van der Waals surface area contributed by atoms with Crippen molar-refractivity contribution in [3.8, 4) is 0 Å². The average Bonchev–Trinajstić information content (AvgIpc) is 2.68. The Bertz CT molecular complexity index is 792. The van der Waals surface area contributed by atoms with Gasteiger partial charge in [0.2, 0.25) is 0 Å². The van der Waals surface area contributed by atoms with Crippen molar-refractivity contribution >= 4 is 11.9 Å². The summed E-state index contributed by atoms with van der Waals surface area (Å²) in [5.41, 5.74) is 4.19. The van der Waals surface area contributed by atoms with E-state index in [4.69, 9.17) is 0 Å². The summed E-state index contributed by atoms with van der Waals surface area (Å²) in [5, 5.41) is 3.67. The number of nitrogens with zero attached hydrogens (tertiary/aromatic N) is 2. The molecule has 0 aromatic heterocycles. The number of nitrogens with one attached hydrogen (secondary N) is 1. The van der Waals surface area contributed by atoms with Crippen LogP contribution in [-0.2, 0) is 4.79 Å². The van der Waals surface area contributed by atoms with Gasteiger partial charge in [-0.05, 0) is 23.7 Å². The summed E-state index contributed by atoms with van der Waals surface area (Å²) in [4.78, 5) is 16.6. The summed E-state index contributed by atoms with van der Waals surface area (Å²) in [6, 6.07) is 18.7. The highest BCUT2D eigenvalue weighted by Crippen LogP contribution is 2.36. The van der Waals surface area contributed by atoms with Crippen molar-refractivity contribution in [3.63, 3.8) is 0 Å². The summed E-state index contributed by atoms with van der Waals surface area (Å²) in [5.74, 6) is 0.968. The van der Waals surface area contributed by atoms with Crippen LogP contribution in [0.25, 0.3) is 5.57 Å². The molecule has 1 unspecified atom stereocenters. The lowest BCUT2D eigenvalue weighted by Gasteiger charge is -2.40. The molecule has 0 bridgehead atoms. The predicted octanol–water partition coefficient (Wildman–Crippen LogP) is 2.49. The summed E-state index contributed by atoms with van der Waals surface area (Å²) < 4.78 is 0. The van der Waals surface area contributed by atoms with Crippen LogP contribution in [0, 0.1) is 0 Å². The molecule has 4 rings (SSSR count). The van der Waals surface area contributed by atoms with Crippen molar-refractivity contribution in [1.29, 1.82) is 0 Å². The number of carbonyl (C=O) groups is 1. The number of rotatable bonds is 3. The minimum atomic E-state index is 0.0655. The number of allylic oxidation sites excluding steroid dienone is 1. The van der Waals surface area contributed by atoms with Gasteiger partial charge in [-0.15, -0.1) is 0 Å². The third-order valence-electron chi connectivity index (χ3n) is 5.17. The van der Waals surface area contributed by atoms with Crippen LogP contribution in [0.1, 0.15) is 22.7 Å². The van der Waals surface area contributed by atoms with Gasteiger partial charge in [-0.2, -0.15) is 0 Å². The molecule has 0 aliphatic carbocycles. The van der Waals surface area contributed by atoms with Crippen LogP contribution < -0.4 is 5.32 Å². The molecule has 25 heavy (non-hydrogen) atoms. The minimum absolute atomic E-state index is 0.0655. The van der Waals surface area contributed by atoms with Crippen molar-refractivity contribution in [2.24, 2.45) is 0 Å². The maximum absolute atomic E-state index is 11.9. The molecule has 1 saturated heterocycles. The lowest BCUT2D eigenvalue weighted by Crippen LogP contribution is -2.48. The monoisotopic (exact) mass is 333 g/mol. The van der Waals surface area contributed by atoms with E-state index in [2.05, 4.69) is 58.6 Å². The largest absolute Gasteiger partial charge is 0.360 e. The number of piperazine rings is 1. The molecule has 0 saturated carbocycles. The second-order valence-corrected chi connectivity index (χ2v) is 6.75. The molecule has 0 amide bonds. The van der Waals surface area contributed by atoms with Gasteiger partial charge in [0.25, 0.3) is 0 Å². The molecule has 2 aliphatic rings. The standard InChI is InChI=1S/C21H23N3O/c1-23-11-13-24(14-12-23)21-19(15-25)17-9-5-6-10-18(17)20(22-21)16-7-3-2-4-8-16/h2-10,15,20,22H,11-14H2,1H3. The van der Waals surface area contributed by atoms with Crippen LogP contribution in [0.2, 0.25) is 0 Å². The smallest absolute Gasteiger partial charge is 0.154 e. The quantitative estimate of drug-likeness (QED) is 0.876. The van der Waals surface area contributed by atoms with Gasteiger partial charge < -0.3 is 15.1 Å². The van der Waals surface area contributed by atoms with Crippen LogP contribution in [0.3, 0.4) is 0 Å². The molecule has 0 radical (unpaired) electrons. The zero-order chi connectivity index (χ0) is 17.2. The van der Waals surface area contributed by atoms with Gasteiger partial charge in [0, 0.05) is 26.2 Å². The zero-order valence-corrected chi connectivity index (χ0v) is 14.5. The Labute approximate surface area is 148 Å². The Morgan fingerprint density at radius 2 is 1.64 bits per heavy atom. The van der Waals surface area contributed by atoms with E-state index in [0.29, 0.717) is 0 Å². The zero-order valence-electron chi connectivity index (χ0n) is 14.5. The first-order chi connectivity index (χ1) is 12.3. The first kappa shape index (κ1) is 15.9. The maximum atomic E-state index is 11.9. The van der Waals surface area contributed by atoms with Gasteiger partial charge in [-0.25, -0.2) is 0 Å². The average molecular weight is 333 g/mol. The van der Waals surface area contributed by atoms with Gasteiger partial charge >= 0.3 is 0 Å². The van der Waals surface area contributed by atoms with Crippen LogP contribution >= 0.6 is 0 Å². The van der Waals surface area contributed by atoms with E-state index in [9.17, 15) is 4.79 Å². The number of benzene rings is 2. The van der Waals surface area contributed by atoms with E-state index in [1.54, 1.807) is 0 Å². The fourth-order valence-electron chi connectivity index (χ4n) is 3.73.